The van der Waals surface area contributed by atoms with Crippen molar-refractivity contribution in [2.75, 3.05) is 7.11 Å². The van der Waals surface area contributed by atoms with Gasteiger partial charge in [0, 0.05) is 17.8 Å². The molecule has 25 heavy (non-hydrogen) atoms. The van der Waals surface area contributed by atoms with Crippen LogP contribution in [0.3, 0.4) is 0 Å². The predicted molar refractivity (Wildman–Crippen MR) is 96.2 cm³/mol. The van der Waals surface area contributed by atoms with Gasteiger partial charge in [0.1, 0.15) is 5.75 Å². The summed E-state index contributed by atoms with van der Waals surface area (Å²) in [7, 11) is 1.25. The SMILES string of the molecule is COC(=O)c1c(O)c2c(n(CC3CCCCC3)c1=O)CCCCCC2. The van der Waals surface area contributed by atoms with E-state index in [1.54, 1.807) is 4.57 Å². The molecule has 1 aromatic heterocycles. The zero-order valence-electron chi connectivity index (χ0n) is 15.2. The first-order chi connectivity index (χ1) is 12.1. The number of aromatic nitrogens is 1. The van der Waals surface area contributed by atoms with Crippen molar-refractivity contribution in [3.8, 4) is 5.75 Å². The van der Waals surface area contributed by atoms with E-state index in [9.17, 15) is 14.7 Å². The van der Waals surface area contributed by atoms with Gasteiger partial charge >= 0.3 is 5.97 Å². The van der Waals surface area contributed by atoms with Crippen LogP contribution in [-0.2, 0) is 24.1 Å². The molecule has 0 saturated heterocycles. The summed E-state index contributed by atoms with van der Waals surface area (Å²) in [4.78, 5) is 25.2. The molecule has 2 aliphatic rings. The zero-order chi connectivity index (χ0) is 17.8. The molecule has 2 aliphatic carbocycles. The molecule has 3 rings (SSSR count). The molecule has 0 unspecified atom stereocenters. The quantitative estimate of drug-likeness (QED) is 0.849. The van der Waals surface area contributed by atoms with Crippen LogP contribution in [0.1, 0.15) is 79.4 Å². The van der Waals surface area contributed by atoms with E-state index in [2.05, 4.69) is 0 Å². The van der Waals surface area contributed by atoms with E-state index in [-0.39, 0.29) is 16.9 Å². The molecule has 1 fully saturated rings. The molecular formula is C20H29NO4. The number of methoxy groups -OCH3 is 1. The Labute approximate surface area is 149 Å². The molecule has 0 aromatic carbocycles. The summed E-state index contributed by atoms with van der Waals surface area (Å²) in [6.07, 6.45) is 11.7. The Morgan fingerprint density at radius 1 is 1.08 bits per heavy atom. The lowest BCUT2D eigenvalue weighted by molar-refractivity contribution is 0.0593. The lowest BCUT2D eigenvalue weighted by atomic mass is 9.88. The Hall–Kier alpha value is -1.78. The van der Waals surface area contributed by atoms with Crippen LogP contribution in [0.15, 0.2) is 4.79 Å². The van der Waals surface area contributed by atoms with E-state index in [1.807, 2.05) is 0 Å². The third-order valence-electron chi connectivity index (χ3n) is 5.80. The number of rotatable bonds is 3. The number of pyridine rings is 1. The van der Waals surface area contributed by atoms with Crippen LogP contribution >= 0.6 is 0 Å². The molecule has 1 heterocycles. The molecule has 0 radical (unpaired) electrons. The van der Waals surface area contributed by atoms with Gasteiger partial charge < -0.3 is 14.4 Å². The summed E-state index contributed by atoms with van der Waals surface area (Å²) in [5.41, 5.74) is 1.17. The minimum absolute atomic E-state index is 0.145. The topological polar surface area (TPSA) is 68.5 Å². The molecule has 0 atom stereocenters. The van der Waals surface area contributed by atoms with Crippen molar-refractivity contribution < 1.29 is 14.6 Å². The van der Waals surface area contributed by atoms with E-state index >= 15 is 0 Å². The smallest absolute Gasteiger partial charge is 0.347 e. The van der Waals surface area contributed by atoms with Gasteiger partial charge in [0.25, 0.3) is 5.56 Å². The number of ether oxygens (including phenoxy) is 1. The zero-order valence-corrected chi connectivity index (χ0v) is 15.2. The molecule has 1 N–H and O–H groups in total. The van der Waals surface area contributed by atoms with Crippen LogP contribution < -0.4 is 5.56 Å². The van der Waals surface area contributed by atoms with Gasteiger partial charge in [-0.1, -0.05) is 32.1 Å². The fourth-order valence-corrected chi connectivity index (χ4v) is 4.41. The standard InChI is InChI=1S/C20H29NO4/c1-25-20(24)17-18(22)15-11-7-2-3-8-12-16(15)21(19(17)23)13-14-9-5-4-6-10-14/h14,22H,2-13H2,1H3. The summed E-state index contributed by atoms with van der Waals surface area (Å²) in [5, 5.41) is 10.6. The summed E-state index contributed by atoms with van der Waals surface area (Å²) >= 11 is 0. The third kappa shape index (κ3) is 3.75. The summed E-state index contributed by atoms with van der Waals surface area (Å²) < 4.78 is 6.57. The van der Waals surface area contributed by atoms with Gasteiger partial charge in [-0.2, -0.15) is 0 Å². The van der Waals surface area contributed by atoms with Gasteiger partial charge in [0.15, 0.2) is 5.56 Å². The maximum absolute atomic E-state index is 13.0. The highest BCUT2D eigenvalue weighted by Gasteiger charge is 2.28. The van der Waals surface area contributed by atoms with Crippen LogP contribution in [0.5, 0.6) is 5.75 Å². The maximum Gasteiger partial charge on any atom is 0.347 e. The van der Waals surface area contributed by atoms with E-state index in [4.69, 9.17) is 4.74 Å². The molecule has 1 saturated carbocycles. The molecule has 0 aliphatic heterocycles. The molecule has 0 bridgehead atoms. The molecule has 0 amide bonds. The summed E-state index contributed by atoms with van der Waals surface area (Å²) in [6.45, 7) is 0.658. The highest BCUT2D eigenvalue weighted by atomic mass is 16.5. The average Bonchev–Trinajstić information content (AvgIpc) is 2.60. The molecule has 5 nitrogen and oxygen atoms in total. The molecule has 138 valence electrons. The van der Waals surface area contributed by atoms with Gasteiger partial charge in [-0.15, -0.1) is 0 Å². The van der Waals surface area contributed by atoms with Crippen LogP contribution in [0, 0.1) is 5.92 Å². The number of fused-ring (bicyclic) bond motifs is 1. The monoisotopic (exact) mass is 347 g/mol. The van der Waals surface area contributed by atoms with Crippen LogP contribution in [0.25, 0.3) is 0 Å². The van der Waals surface area contributed by atoms with E-state index in [0.717, 1.165) is 62.6 Å². The van der Waals surface area contributed by atoms with Crippen molar-refractivity contribution in [1.82, 2.24) is 4.57 Å². The molecule has 5 heteroatoms. The minimum atomic E-state index is -0.732. The van der Waals surface area contributed by atoms with Crippen molar-refractivity contribution in [2.45, 2.75) is 77.2 Å². The second kappa shape index (κ2) is 8.07. The summed E-state index contributed by atoms with van der Waals surface area (Å²) in [6, 6.07) is 0. The minimum Gasteiger partial charge on any atom is -0.506 e. The lowest BCUT2D eigenvalue weighted by Gasteiger charge is -2.27. The van der Waals surface area contributed by atoms with E-state index < -0.39 is 5.97 Å². The number of esters is 1. The van der Waals surface area contributed by atoms with Crippen molar-refractivity contribution in [2.24, 2.45) is 5.92 Å². The average molecular weight is 347 g/mol. The highest BCUT2D eigenvalue weighted by molar-refractivity contribution is 5.92. The first-order valence-electron chi connectivity index (χ1n) is 9.69. The predicted octanol–water partition coefficient (Wildman–Crippen LogP) is 3.58. The van der Waals surface area contributed by atoms with Crippen LogP contribution in [0.4, 0.5) is 0 Å². The van der Waals surface area contributed by atoms with Gasteiger partial charge in [0.2, 0.25) is 0 Å². The number of nitrogens with zero attached hydrogens (tertiary/aromatic N) is 1. The van der Waals surface area contributed by atoms with Crippen molar-refractivity contribution >= 4 is 5.97 Å². The maximum atomic E-state index is 13.0. The highest BCUT2D eigenvalue weighted by Crippen LogP contribution is 2.31. The molecule has 0 spiro atoms. The second-order valence-corrected chi connectivity index (χ2v) is 7.47. The van der Waals surface area contributed by atoms with Crippen LogP contribution in [-0.4, -0.2) is 22.8 Å². The Morgan fingerprint density at radius 2 is 1.72 bits per heavy atom. The van der Waals surface area contributed by atoms with E-state index in [0.29, 0.717) is 12.5 Å². The van der Waals surface area contributed by atoms with Gasteiger partial charge in [-0.25, -0.2) is 4.79 Å². The Balaban J connectivity index is 2.10. The number of aromatic hydroxyl groups is 1. The number of carbonyl (C=O) groups is 1. The fourth-order valence-electron chi connectivity index (χ4n) is 4.41. The fraction of sp³-hybridized carbons (Fsp3) is 0.700. The Kier molecular flexibility index (Phi) is 5.82. The number of hydrogen-bond acceptors (Lipinski definition) is 4. The van der Waals surface area contributed by atoms with Gasteiger partial charge in [-0.3, -0.25) is 4.79 Å². The molecular weight excluding hydrogens is 318 g/mol. The Morgan fingerprint density at radius 3 is 2.40 bits per heavy atom. The van der Waals surface area contributed by atoms with Crippen molar-refractivity contribution in [3.63, 3.8) is 0 Å². The van der Waals surface area contributed by atoms with Crippen molar-refractivity contribution in [3.05, 3.63) is 27.2 Å². The van der Waals surface area contributed by atoms with Gasteiger partial charge in [-0.05, 0) is 44.4 Å². The van der Waals surface area contributed by atoms with Crippen LogP contribution in [0.2, 0.25) is 0 Å². The molecule has 1 aromatic rings. The van der Waals surface area contributed by atoms with Crippen molar-refractivity contribution in [1.29, 1.82) is 0 Å². The first-order valence-corrected chi connectivity index (χ1v) is 9.69. The van der Waals surface area contributed by atoms with Gasteiger partial charge in [0.05, 0.1) is 7.11 Å². The first kappa shape index (κ1) is 18.0. The number of carbonyl (C=O) groups excluding carboxylic acids is 1. The number of hydrogen-bond donors (Lipinski definition) is 1. The summed E-state index contributed by atoms with van der Waals surface area (Å²) in [5.74, 6) is -0.394. The third-order valence-corrected chi connectivity index (χ3v) is 5.80. The Bertz CT molecular complexity index is 686. The largest absolute Gasteiger partial charge is 0.506 e. The second-order valence-electron chi connectivity index (χ2n) is 7.47. The lowest BCUT2D eigenvalue weighted by Crippen LogP contribution is -2.34. The van der Waals surface area contributed by atoms with E-state index in [1.165, 1.54) is 26.4 Å². The normalized spacial score (nSPS) is 18.9.